The number of benzene rings is 1. The maximum atomic E-state index is 13.3. The van der Waals surface area contributed by atoms with Gasteiger partial charge in [-0.3, -0.25) is 4.90 Å². The van der Waals surface area contributed by atoms with E-state index in [0.717, 1.165) is 43.1 Å². The van der Waals surface area contributed by atoms with E-state index in [-0.39, 0.29) is 5.82 Å². The van der Waals surface area contributed by atoms with Gasteiger partial charge in [-0.05, 0) is 48.3 Å². The highest BCUT2D eigenvalue weighted by Gasteiger charge is 2.40. The SMILES string of the molecule is Fc1cccc(CN2CC3CN(CC4CCOCC4)CC3C2)c1. The van der Waals surface area contributed by atoms with Gasteiger partial charge in [-0.25, -0.2) is 4.39 Å². The fourth-order valence-electron chi connectivity index (χ4n) is 4.65. The summed E-state index contributed by atoms with van der Waals surface area (Å²) in [5.74, 6) is 2.34. The number of fused-ring (bicyclic) bond motifs is 1. The first kappa shape index (κ1) is 15.6. The van der Waals surface area contributed by atoms with Crippen LogP contribution in [0.3, 0.4) is 0 Å². The highest BCUT2D eigenvalue weighted by Crippen LogP contribution is 2.33. The number of hydrogen-bond acceptors (Lipinski definition) is 3. The van der Waals surface area contributed by atoms with E-state index in [4.69, 9.17) is 4.74 Å². The van der Waals surface area contributed by atoms with Crippen molar-refractivity contribution in [3.63, 3.8) is 0 Å². The standard InChI is InChI=1S/C19H27FN2O/c20-19-3-1-2-16(8-19)10-22-13-17-11-21(12-18(17)14-22)9-15-4-6-23-7-5-15/h1-3,8,15,17-18H,4-7,9-14H2. The van der Waals surface area contributed by atoms with Crippen molar-refractivity contribution in [1.29, 1.82) is 0 Å². The van der Waals surface area contributed by atoms with Gasteiger partial charge in [0.05, 0.1) is 0 Å². The number of ether oxygens (including phenoxy) is 1. The number of hydrogen-bond donors (Lipinski definition) is 0. The van der Waals surface area contributed by atoms with Crippen molar-refractivity contribution < 1.29 is 9.13 Å². The molecule has 2 unspecified atom stereocenters. The summed E-state index contributed by atoms with van der Waals surface area (Å²) in [6, 6.07) is 7.05. The topological polar surface area (TPSA) is 15.7 Å². The molecule has 0 spiro atoms. The van der Waals surface area contributed by atoms with E-state index >= 15 is 0 Å². The van der Waals surface area contributed by atoms with Gasteiger partial charge < -0.3 is 9.64 Å². The smallest absolute Gasteiger partial charge is 0.123 e. The summed E-state index contributed by atoms with van der Waals surface area (Å²) in [7, 11) is 0. The van der Waals surface area contributed by atoms with Crippen molar-refractivity contribution in [2.24, 2.45) is 17.8 Å². The number of rotatable bonds is 4. The summed E-state index contributed by atoms with van der Waals surface area (Å²) < 4.78 is 18.8. The summed E-state index contributed by atoms with van der Waals surface area (Å²) in [4.78, 5) is 5.20. The van der Waals surface area contributed by atoms with Crippen LogP contribution in [-0.4, -0.2) is 55.7 Å². The summed E-state index contributed by atoms with van der Waals surface area (Å²) in [5, 5.41) is 0. The summed E-state index contributed by atoms with van der Waals surface area (Å²) in [5.41, 5.74) is 1.10. The predicted octanol–water partition coefficient (Wildman–Crippen LogP) is 2.62. The fourth-order valence-corrected chi connectivity index (χ4v) is 4.65. The molecule has 2 atom stereocenters. The quantitative estimate of drug-likeness (QED) is 0.849. The molecule has 126 valence electrons. The van der Waals surface area contributed by atoms with Crippen LogP contribution in [0.25, 0.3) is 0 Å². The molecule has 4 heteroatoms. The van der Waals surface area contributed by atoms with Crippen LogP contribution < -0.4 is 0 Å². The Morgan fingerprint density at radius 2 is 1.70 bits per heavy atom. The third kappa shape index (κ3) is 3.76. The van der Waals surface area contributed by atoms with Gasteiger partial charge in [-0.15, -0.1) is 0 Å². The van der Waals surface area contributed by atoms with Crippen LogP contribution in [0.1, 0.15) is 18.4 Å². The monoisotopic (exact) mass is 318 g/mol. The molecule has 1 aromatic rings. The van der Waals surface area contributed by atoms with Gasteiger partial charge in [0.15, 0.2) is 0 Å². The second kappa shape index (κ2) is 6.88. The Morgan fingerprint density at radius 3 is 2.39 bits per heavy atom. The molecule has 3 fully saturated rings. The Labute approximate surface area is 138 Å². The van der Waals surface area contributed by atoms with E-state index in [1.165, 1.54) is 51.6 Å². The Hall–Kier alpha value is -0.970. The van der Waals surface area contributed by atoms with Crippen LogP contribution >= 0.6 is 0 Å². The van der Waals surface area contributed by atoms with Crippen LogP contribution in [0.15, 0.2) is 24.3 Å². The lowest BCUT2D eigenvalue weighted by Crippen LogP contribution is -2.34. The van der Waals surface area contributed by atoms with E-state index in [1.54, 1.807) is 6.07 Å². The average molecular weight is 318 g/mol. The van der Waals surface area contributed by atoms with Crippen LogP contribution in [-0.2, 0) is 11.3 Å². The normalized spacial score (nSPS) is 30.0. The number of halogens is 1. The largest absolute Gasteiger partial charge is 0.381 e. The Morgan fingerprint density at radius 1 is 1.00 bits per heavy atom. The Kier molecular flexibility index (Phi) is 4.65. The summed E-state index contributed by atoms with van der Waals surface area (Å²) in [6.07, 6.45) is 2.47. The molecule has 0 saturated carbocycles. The number of nitrogens with zero attached hydrogens (tertiary/aromatic N) is 2. The number of likely N-dealkylation sites (tertiary alicyclic amines) is 2. The lowest BCUT2D eigenvalue weighted by Gasteiger charge is -2.28. The van der Waals surface area contributed by atoms with Crippen LogP contribution in [0.5, 0.6) is 0 Å². The first-order chi connectivity index (χ1) is 11.3. The maximum Gasteiger partial charge on any atom is 0.123 e. The van der Waals surface area contributed by atoms with Crippen LogP contribution in [0.4, 0.5) is 4.39 Å². The third-order valence-corrected chi connectivity index (χ3v) is 5.79. The fraction of sp³-hybridized carbons (Fsp3) is 0.684. The predicted molar refractivity (Wildman–Crippen MR) is 88.6 cm³/mol. The molecule has 0 aromatic heterocycles. The highest BCUT2D eigenvalue weighted by molar-refractivity contribution is 5.16. The molecule has 23 heavy (non-hydrogen) atoms. The van der Waals surface area contributed by atoms with Crippen molar-refractivity contribution in [3.05, 3.63) is 35.6 Å². The molecule has 3 saturated heterocycles. The minimum absolute atomic E-state index is 0.121. The molecule has 3 aliphatic heterocycles. The molecule has 0 bridgehead atoms. The van der Waals surface area contributed by atoms with Crippen molar-refractivity contribution in [3.8, 4) is 0 Å². The van der Waals surface area contributed by atoms with E-state index in [1.807, 2.05) is 12.1 Å². The van der Waals surface area contributed by atoms with Crippen molar-refractivity contribution in [2.75, 3.05) is 45.9 Å². The molecule has 3 aliphatic rings. The van der Waals surface area contributed by atoms with E-state index in [2.05, 4.69) is 9.80 Å². The summed E-state index contributed by atoms with van der Waals surface area (Å²) in [6.45, 7) is 8.91. The second-order valence-corrected chi connectivity index (χ2v) is 7.62. The lowest BCUT2D eigenvalue weighted by molar-refractivity contribution is 0.0541. The van der Waals surface area contributed by atoms with Gasteiger partial charge >= 0.3 is 0 Å². The minimum atomic E-state index is -0.121. The maximum absolute atomic E-state index is 13.3. The molecule has 0 aliphatic carbocycles. The van der Waals surface area contributed by atoms with Gasteiger partial charge in [-0.2, -0.15) is 0 Å². The zero-order chi connectivity index (χ0) is 15.6. The molecule has 4 rings (SSSR count). The molecule has 3 heterocycles. The van der Waals surface area contributed by atoms with Gasteiger partial charge in [0.1, 0.15) is 5.82 Å². The molecule has 0 amide bonds. The van der Waals surface area contributed by atoms with Gasteiger partial charge in [-0.1, -0.05) is 12.1 Å². The van der Waals surface area contributed by atoms with Crippen LogP contribution in [0, 0.1) is 23.6 Å². The zero-order valence-corrected chi connectivity index (χ0v) is 13.8. The Bertz CT molecular complexity index is 518. The minimum Gasteiger partial charge on any atom is -0.381 e. The molecular formula is C19H27FN2O. The van der Waals surface area contributed by atoms with Gasteiger partial charge in [0.2, 0.25) is 0 Å². The first-order valence-electron chi connectivity index (χ1n) is 9.03. The highest BCUT2D eigenvalue weighted by atomic mass is 19.1. The molecular weight excluding hydrogens is 291 g/mol. The van der Waals surface area contributed by atoms with Gasteiger partial charge in [0, 0.05) is 52.5 Å². The zero-order valence-electron chi connectivity index (χ0n) is 13.8. The van der Waals surface area contributed by atoms with E-state index in [9.17, 15) is 4.39 Å². The van der Waals surface area contributed by atoms with Crippen molar-refractivity contribution >= 4 is 0 Å². The molecule has 1 aromatic carbocycles. The average Bonchev–Trinajstić information content (AvgIpc) is 3.06. The van der Waals surface area contributed by atoms with E-state index < -0.39 is 0 Å². The van der Waals surface area contributed by atoms with Gasteiger partial charge in [0.25, 0.3) is 0 Å². The molecule has 3 nitrogen and oxygen atoms in total. The summed E-state index contributed by atoms with van der Waals surface area (Å²) >= 11 is 0. The van der Waals surface area contributed by atoms with E-state index in [0.29, 0.717) is 0 Å². The first-order valence-corrected chi connectivity index (χ1v) is 9.03. The second-order valence-electron chi connectivity index (χ2n) is 7.62. The van der Waals surface area contributed by atoms with Crippen molar-refractivity contribution in [2.45, 2.75) is 19.4 Å². The molecule has 0 N–H and O–H groups in total. The Balaban J connectivity index is 1.26. The van der Waals surface area contributed by atoms with Crippen LogP contribution in [0.2, 0.25) is 0 Å². The lowest BCUT2D eigenvalue weighted by atomic mass is 10.00. The third-order valence-electron chi connectivity index (χ3n) is 5.79. The molecule has 0 radical (unpaired) electrons. The van der Waals surface area contributed by atoms with Crippen molar-refractivity contribution in [1.82, 2.24) is 9.80 Å².